The average molecular weight is 537 g/mol. The van der Waals surface area contributed by atoms with E-state index < -0.39 is 6.10 Å². The van der Waals surface area contributed by atoms with Crippen LogP contribution in [0.3, 0.4) is 0 Å². The minimum Gasteiger partial charge on any atom is -0.507 e. The molecule has 0 amide bonds. The molecule has 2 aromatic rings. The van der Waals surface area contributed by atoms with Crippen LogP contribution in [0.2, 0.25) is 0 Å². The first-order chi connectivity index (χ1) is 18.9. The number of unbranched alkanes of at least 4 members (excludes halogenated alkanes) is 13. The molecule has 3 nitrogen and oxygen atoms in total. The molecule has 0 bridgehead atoms. The Labute approximate surface area is 239 Å². The maximum absolute atomic E-state index is 11.0. The molecule has 218 valence electrons. The summed E-state index contributed by atoms with van der Waals surface area (Å²) in [6.45, 7) is 8.57. The molecular weight excluding hydrogens is 480 g/mol. The molecular formula is C36H56O3. The summed E-state index contributed by atoms with van der Waals surface area (Å²) >= 11 is 0. The minimum absolute atomic E-state index is 0.159. The van der Waals surface area contributed by atoms with Crippen LogP contribution in [0.15, 0.2) is 30.3 Å². The highest BCUT2D eigenvalue weighted by molar-refractivity contribution is 5.59. The van der Waals surface area contributed by atoms with Crippen molar-refractivity contribution in [2.24, 2.45) is 0 Å². The zero-order valence-corrected chi connectivity index (χ0v) is 25.5. The van der Waals surface area contributed by atoms with Crippen molar-refractivity contribution in [1.29, 1.82) is 0 Å². The molecule has 0 aromatic heterocycles. The quantitative estimate of drug-likeness (QED) is 0.186. The number of aliphatic hydroxyl groups is 1. The Kier molecular flexibility index (Phi) is 13.2. The summed E-state index contributed by atoms with van der Waals surface area (Å²) in [6, 6.07) is 9.73. The standard InChI is InChI=1S/C36H56O3/c1-5-6-7-8-9-10-11-12-13-14-15-16-17-21-25-36(4)26-24-31-32(27-33(37)30-22-19-18-20-23-30)34(38)28(2)29(3)35(31)39-36/h18-20,22-23,33,37-38H,5-17,21,24-27H2,1-4H3. The highest BCUT2D eigenvalue weighted by atomic mass is 16.5. The second kappa shape index (κ2) is 16.3. The van der Waals surface area contributed by atoms with E-state index in [1.165, 1.54) is 89.9 Å². The highest BCUT2D eigenvalue weighted by Crippen LogP contribution is 2.46. The van der Waals surface area contributed by atoms with Gasteiger partial charge in [-0.25, -0.2) is 0 Å². The number of aliphatic hydroxyl groups excluding tert-OH is 1. The van der Waals surface area contributed by atoms with Crippen LogP contribution in [0.1, 0.15) is 151 Å². The predicted octanol–water partition coefficient (Wildman–Crippen LogP) is 10.2. The number of ether oxygens (including phenoxy) is 1. The number of rotatable bonds is 18. The lowest BCUT2D eigenvalue weighted by Crippen LogP contribution is -2.37. The van der Waals surface area contributed by atoms with E-state index in [-0.39, 0.29) is 5.60 Å². The monoisotopic (exact) mass is 536 g/mol. The van der Waals surface area contributed by atoms with E-state index in [0.29, 0.717) is 12.2 Å². The third kappa shape index (κ3) is 9.55. The van der Waals surface area contributed by atoms with Crippen LogP contribution in [0, 0.1) is 13.8 Å². The molecule has 1 aliphatic heterocycles. The number of hydrogen-bond acceptors (Lipinski definition) is 3. The topological polar surface area (TPSA) is 49.7 Å². The van der Waals surface area contributed by atoms with E-state index in [2.05, 4.69) is 20.8 Å². The smallest absolute Gasteiger partial charge is 0.127 e. The molecule has 2 unspecified atom stereocenters. The Morgan fingerprint density at radius 2 is 1.33 bits per heavy atom. The summed E-state index contributed by atoms with van der Waals surface area (Å²) in [5, 5.41) is 21.9. The lowest BCUT2D eigenvalue weighted by Gasteiger charge is -2.38. The van der Waals surface area contributed by atoms with Crippen LogP contribution < -0.4 is 4.74 Å². The van der Waals surface area contributed by atoms with Gasteiger partial charge in [0, 0.05) is 17.5 Å². The number of phenols is 1. The largest absolute Gasteiger partial charge is 0.507 e. The third-order valence-corrected chi connectivity index (χ3v) is 9.08. The zero-order valence-electron chi connectivity index (χ0n) is 25.5. The maximum Gasteiger partial charge on any atom is 0.127 e. The zero-order chi connectivity index (χ0) is 28.1. The minimum atomic E-state index is -0.646. The molecule has 3 rings (SSSR count). The molecule has 1 aliphatic rings. The van der Waals surface area contributed by atoms with Gasteiger partial charge in [-0.15, -0.1) is 0 Å². The second-order valence-electron chi connectivity index (χ2n) is 12.4. The van der Waals surface area contributed by atoms with Gasteiger partial charge in [0.1, 0.15) is 17.1 Å². The summed E-state index contributed by atoms with van der Waals surface area (Å²) in [4.78, 5) is 0. The molecule has 3 heteroatoms. The molecule has 2 atom stereocenters. The van der Waals surface area contributed by atoms with Gasteiger partial charge in [-0.2, -0.15) is 0 Å². The Morgan fingerprint density at radius 1 is 0.795 bits per heavy atom. The van der Waals surface area contributed by atoms with E-state index in [4.69, 9.17) is 4.74 Å². The fourth-order valence-electron chi connectivity index (χ4n) is 6.25. The SMILES string of the molecule is CCCCCCCCCCCCCCCCC1(C)CCc2c(CC(O)c3ccccc3)c(O)c(C)c(C)c2O1. The molecule has 39 heavy (non-hydrogen) atoms. The van der Waals surface area contributed by atoms with Crippen molar-refractivity contribution in [3.63, 3.8) is 0 Å². The van der Waals surface area contributed by atoms with Crippen molar-refractivity contribution in [2.75, 3.05) is 0 Å². The highest BCUT2D eigenvalue weighted by Gasteiger charge is 2.35. The summed E-state index contributed by atoms with van der Waals surface area (Å²) in [5.74, 6) is 1.26. The van der Waals surface area contributed by atoms with Crippen molar-refractivity contribution in [1.82, 2.24) is 0 Å². The molecule has 0 aliphatic carbocycles. The van der Waals surface area contributed by atoms with Gasteiger partial charge in [0.25, 0.3) is 0 Å². The number of fused-ring (bicyclic) bond motifs is 1. The third-order valence-electron chi connectivity index (χ3n) is 9.08. The van der Waals surface area contributed by atoms with E-state index in [1.807, 2.05) is 37.3 Å². The van der Waals surface area contributed by atoms with Crippen molar-refractivity contribution in [3.05, 3.63) is 58.1 Å². The van der Waals surface area contributed by atoms with Crippen molar-refractivity contribution < 1.29 is 14.9 Å². The van der Waals surface area contributed by atoms with Crippen molar-refractivity contribution in [2.45, 2.75) is 155 Å². The summed E-state index contributed by atoms with van der Waals surface area (Å²) < 4.78 is 6.73. The maximum atomic E-state index is 11.0. The Morgan fingerprint density at radius 3 is 1.90 bits per heavy atom. The van der Waals surface area contributed by atoms with E-state index in [0.717, 1.165) is 52.8 Å². The first-order valence-electron chi connectivity index (χ1n) is 16.1. The summed E-state index contributed by atoms with van der Waals surface area (Å²) in [5.41, 5.74) is 4.56. The van der Waals surface area contributed by atoms with Gasteiger partial charge in [0.15, 0.2) is 0 Å². The molecule has 2 aromatic carbocycles. The molecule has 0 spiro atoms. The molecule has 0 saturated heterocycles. The van der Waals surface area contributed by atoms with Gasteiger partial charge in [0.05, 0.1) is 6.10 Å². The number of benzene rings is 2. The van der Waals surface area contributed by atoms with Gasteiger partial charge in [-0.3, -0.25) is 0 Å². The summed E-state index contributed by atoms with van der Waals surface area (Å²) in [6.07, 6.45) is 21.9. The molecule has 0 saturated carbocycles. The normalized spacial score (nSPS) is 17.6. The fraction of sp³-hybridized carbons (Fsp3) is 0.667. The van der Waals surface area contributed by atoms with Crippen LogP contribution in [0.4, 0.5) is 0 Å². The predicted molar refractivity (Wildman–Crippen MR) is 165 cm³/mol. The van der Waals surface area contributed by atoms with Crippen molar-refractivity contribution >= 4 is 0 Å². The molecule has 2 N–H and O–H groups in total. The first kappa shape index (κ1) is 31.5. The summed E-state index contributed by atoms with van der Waals surface area (Å²) in [7, 11) is 0. The first-order valence-corrected chi connectivity index (χ1v) is 16.1. The fourth-order valence-corrected chi connectivity index (χ4v) is 6.25. The number of aromatic hydroxyl groups is 1. The van der Waals surface area contributed by atoms with Crippen LogP contribution in [0.5, 0.6) is 11.5 Å². The van der Waals surface area contributed by atoms with Crippen LogP contribution in [-0.4, -0.2) is 15.8 Å². The second-order valence-corrected chi connectivity index (χ2v) is 12.4. The van der Waals surface area contributed by atoms with Gasteiger partial charge in [0.2, 0.25) is 0 Å². The number of hydrogen-bond donors (Lipinski definition) is 2. The average Bonchev–Trinajstić information content (AvgIpc) is 2.95. The Hall–Kier alpha value is -2.00. The van der Waals surface area contributed by atoms with Crippen LogP contribution in [0.25, 0.3) is 0 Å². The van der Waals surface area contributed by atoms with Gasteiger partial charge in [-0.05, 0) is 63.1 Å². The van der Waals surface area contributed by atoms with E-state index in [9.17, 15) is 10.2 Å². The van der Waals surface area contributed by atoms with Crippen LogP contribution >= 0.6 is 0 Å². The van der Waals surface area contributed by atoms with E-state index in [1.54, 1.807) is 0 Å². The van der Waals surface area contributed by atoms with E-state index >= 15 is 0 Å². The van der Waals surface area contributed by atoms with Gasteiger partial charge in [-0.1, -0.05) is 121 Å². The lowest BCUT2D eigenvalue weighted by atomic mass is 9.83. The molecule has 0 radical (unpaired) electrons. The molecule has 0 fully saturated rings. The Bertz CT molecular complexity index is 983. The van der Waals surface area contributed by atoms with Crippen LogP contribution in [-0.2, 0) is 12.8 Å². The van der Waals surface area contributed by atoms with Gasteiger partial charge < -0.3 is 14.9 Å². The van der Waals surface area contributed by atoms with Crippen molar-refractivity contribution in [3.8, 4) is 11.5 Å². The lowest BCUT2D eigenvalue weighted by molar-refractivity contribution is 0.0518. The van der Waals surface area contributed by atoms with Gasteiger partial charge >= 0.3 is 0 Å². The molecule has 1 heterocycles. The Balaban J connectivity index is 1.42. The number of phenolic OH excluding ortho intramolecular Hbond substituents is 1.